The van der Waals surface area contributed by atoms with Crippen molar-refractivity contribution >= 4 is 5.97 Å². The minimum absolute atomic E-state index is 0.160. The molecular formula is C14H8F2O5. The van der Waals surface area contributed by atoms with Crippen LogP contribution in [-0.2, 0) is 4.79 Å². The molecule has 7 heteroatoms. The standard InChI is InChI=1S/C14H8F2O5/c15-14(16,13(17)18)21-8-5-6-11-12(7-8)20-10-4-2-1-3-9(10)19-11/h1-7H,(H,17,18). The first-order valence-corrected chi connectivity index (χ1v) is 5.85. The van der Waals surface area contributed by atoms with E-state index in [0.717, 1.165) is 6.07 Å². The van der Waals surface area contributed by atoms with Crippen molar-refractivity contribution in [2.75, 3.05) is 0 Å². The predicted octanol–water partition coefficient (Wildman–Crippen LogP) is 3.64. The fourth-order valence-corrected chi connectivity index (χ4v) is 1.76. The lowest BCUT2D eigenvalue weighted by Crippen LogP contribution is -2.34. The van der Waals surface area contributed by atoms with Gasteiger partial charge in [0.15, 0.2) is 23.0 Å². The van der Waals surface area contributed by atoms with Crippen molar-refractivity contribution in [3.63, 3.8) is 0 Å². The molecule has 2 aromatic carbocycles. The number of carbonyl (C=O) groups is 1. The van der Waals surface area contributed by atoms with Crippen LogP contribution in [0.15, 0.2) is 42.5 Å². The van der Waals surface area contributed by atoms with Crippen molar-refractivity contribution in [2.45, 2.75) is 6.11 Å². The van der Waals surface area contributed by atoms with Gasteiger partial charge in [0.25, 0.3) is 0 Å². The maximum atomic E-state index is 13.0. The number of aliphatic carboxylic acids is 1. The SMILES string of the molecule is O=C(O)C(F)(F)Oc1ccc2c(c1)Oc1ccccc1O2. The highest BCUT2D eigenvalue weighted by molar-refractivity contribution is 5.74. The van der Waals surface area contributed by atoms with Gasteiger partial charge in [0.05, 0.1) is 0 Å². The molecule has 0 radical (unpaired) electrons. The molecule has 21 heavy (non-hydrogen) atoms. The lowest BCUT2D eigenvalue weighted by atomic mass is 10.2. The van der Waals surface area contributed by atoms with Gasteiger partial charge in [-0.05, 0) is 24.3 Å². The molecule has 0 saturated carbocycles. The Morgan fingerprint density at radius 2 is 1.57 bits per heavy atom. The van der Waals surface area contributed by atoms with Crippen LogP contribution in [0.5, 0.6) is 28.7 Å². The average molecular weight is 294 g/mol. The molecule has 0 bridgehead atoms. The number of carboxylic acids is 1. The summed E-state index contributed by atoms with van der Waals surface area (Å²) < 4.78 is 41.2. The van der Waals surface area contributed by atoms with E-state index in [-0.39, 0.29) is 11.5 Å². The van der Waals surface area contributed by atoms with Crippen LogP contribution in [0.4, 0.5) is 8.78 Å². The van der Waals surface area contributed by atoms with Gasteiger partial charge < -0.3 is 19.3 Å². The number of carboxylic acid groups (broad SMARTS) is 1. The smallest absolute Gasteiger partial charge is 0.474 e. The fourth-order valence-electron chi connectivity index (χ4n) is 1.76. The second-order valence-corrected chi connectivity index (χ2v) is 4.18. The van der Waals surface area contributed by atoms with Crippen molar-refractivity contribution in [3.05, 3.63) is 42.5 Å². The maximum Gasteiger partial charge on any atom is 0.501 e. The van der Waals surface area contributed by atoms with Crippen LogP contribution in [0.1, 0.15) is 0 Å². The number of para-hydroxylation sites is 2. The second kappa shape index (κ2) is 4.62. The molecule has 1 aliphatic rings. The average Bonchev–Trinajstić information content (AvgIpc) is 2.44. The number of benzene rings is 2. The van der Waals surface area contributed by atoms with E-state index in [0.29, 0.717) is 17.2 Å². The quantitative estimate of drug-likeness (QED) is 0.799. The molecule has 0 unspecified atom stereocenters. The Balaban J connectivity index is 1.89. The maximum absolute atomic E-state index is 13.0. The molecule has 0 saturated heterocycles. The molecule has 1 N–H and O–H groups in total. The van der Waals surface area contributed by atoms with Crippen molar-refractivity contribution in [2.24, 2.45) is 0 Å². The van der Waals surface area contributed by atoms with Crippen LogP contribution in [0, 0.1) is 0 Å². The van der Waals surface area contributed by atoms with Gasteiger partial charge in [-0.2, -0.15) is 8.78 Å². The molecule has 1 heterocycles. The van der Waals surface area contributed by atoms with E-state index in [2.05, 4.69) is 4.74 Å². The Kier molecular flexibility index (Phi) is 2.90. The third-order valence-corrected chi connectivity index (χ3v) is 2.70. The summed E-state index contributed by atoms with van der Waals surface area (Å²) >= 11 is 0. The van der Waals surface area contributed by atoms with E-state index in [1.807, 2.05) is 0 Å². The van der Waals surface area contributed by atoms with Gasteiger partial charge in [-0.25, -0.2) is 4.79 Å². The van der Waals surface area contributed by atoms with E-state index < -0.39 is 12.1 Å². The molecular weight excluding hydrogens is 286 g/mol. The van der Waals surface area contributed by atoms with E-state index in [4.69, 9.17) is 14.6 Å². The van der Waals surface area contributed by atoms with Crippen LogP contribution < -0.4 is 14.2 Å². The number of rotatable bonds is 3. The van der Waals surface area contributed by atoms with Crippen molar-refractivity contribution in [1.82, 2.24) is 0 Å². The molecule has 3 rings (SSSR count). The Morgan fingerprint density at radius 1 is 1.00 bits per heavy atom. The normalized spacial score (nSPS) is 12.5. The lowest BCUT2D eigenvalue weighted by Gasteiger charge is -2.21. The Hall–Kier alpha value is -2.83. The largest absolute Gasteiger partial charge is 0.501 e. The zero-order valence-electron chi connectivity index (χ0n) is 10.4. The van der Waals surface area contributed by atoms with Crippen molar-refractivity contribution < 1.29 is 32.9 Å². The van der Waals surface area contributed by atoms with Crippen LogP contribution in [-0.4, -0.2) is 17.2 Å². The zero-order valence-corrected chi connectivity index (χ0v) is 10.4. The summed E-state index contributed by atoms with van der Waals surface area (Å²) in [4.78, 5) is 10.3. The van der Waals surface area contributed by atoms with Gasteiger partial charge in [0.2, 0.25) is 0 Å². The third kappa shape index (κ3) is 2.45. The molecule has 0 amide bonds. The highest BCUT2D eigenvalue weighted by atomic mass is 19.3. The molecule has 1 aliphatic heterocycles. The van der Waals surface area contributed by atoms with E-state index in [1.54, 1.807) is 24.3 Å². The zero-order chi connectivity index (χ0) is 15.0. The molecule has 5 nitrogen and oxygen atoms in total. The number of hydrogen-bond donors (Lipinski definition) is 1. The Bertz CT molecular complexity index is 714. The van der Waals surface area contributed by atoms with Gasteiger partial charge >= 0.3 is 12.1 Å². The molecule has 0 atom stereocenters. The van der Waals surface area contributed by atoms with Gasteiger partial charge in [0.1, 0.15) is 5.75 Å². The number of hydrogen-bond acceptors (Lipinski definition) is 4. The number of ether oxygens (including phenoxy) is 3. The summed E-state index contributed by atoms with van der Waals surface area (Å²) in [5, 5.41) is 8.34. The number of alkyl halides is 2. The third-order valence-electron chi connectivity index (χ3n) is 2.70. The summed E-state index contributed by atoms with van der Waals surface area (Å²) in [6, 6.07) is 10.5. The summed E-state index contributed by atoms with van der Waals surface area (Å²) in [5.41, 5.74) is 0. The van der Waals surface area contributed by atoms with Crippen molar-refractivity contribution in [1.29, 1.82) is 0 Å². The van der Waals surface area contributed by atoms with Gasteiger partial charge in [0, 0.05) is 6.07 Å². The van der Waals surface area contributed by atoms with Crippen LogP contribution in [0.2, 0.25) is 0 Å². The predicted molar refractivity (Wildman–Crippen MR) is 66.2 cm³/mol. The Labute approximate surface area is 117 Å². The van der Waals surface area contributed by atoms with Gasteiger partial charge in [-0.15, -0.1) is 0 Å². The van der Waals surface area contributed by atoms with Gasteiger partial charge in [-0.1, -0.05) is 12.1 Å². The molecule has 0 fully saturated rings. The highest BCUT2D eigenvalue weighted by Gasteiger charge is 2.42. The minimum Gasteiger partial charge on any atom is -0.474 e. The molecule has 0 spiro atoms. The summed E-state index contributed by atoms with van der Waals surface area (Å²) in [6.45, 7) is 0. The molecule has 108 valence electrons. The molecule has 0 aromatic heterocycles. The summed E-state index contributed by atoms with van der Waals surface area (Å²) in [6.07, 6.45) is -4.32. The highest BCUT2D eigenvalue weighted by Crippen LogP contribution is 2.46. The van der Waals surface area contributed by atoms with Crippen LogP contribution in [0.3, 0.4) is 0 Å². The monoisotopic (exact) mass is 294 g/mol. The van der Waals surface area contributed by atoms with Gasteiger partial charge in [-0.3, -0.25) is 0 Å². The van der Waals surface area contributed by atoms with E-state index >= 15 is 0 Å². The van der Waals surface area contributed by atoms with E-state index in [1.165, 1.54) is 12.1 Å². The summed E-state index contributed by atoms with van der Waals surface area (Å²) in [5.74, 6) is -1.32. The number of halogens is 2. The summed E-state index contributed by atoms with van der Waals surface area (Å²) in [7, 11) is 0. The van der Waals surface area contributed by atoms with Crippen LogP contribution >= 0.6 is 0 Å². The van der Waals surface area contributed by atoms with E-state index in [9.17, 15) is 13.6 Å². The Morgan fingerprint density at radius 3 is 2.19 bits per heavy atom. The fraction of sp³-hybridized carbons (Fsp3) is 0.0714. The van der Waals surface area contributed by atoms with Crippen molar-refractivity contribution in [3.8, 4) is 28.7 Å². The lowest BCUT2D eigenvalue weighted by molar-refractivity contribution is -0.210. The minimum atomic E-state index is -4.32. The topological polar surface area (TPSA) is 65.0 Å². The van der Waals surface area contributed by atoms with Crippen LogP contribution in [0.25, 0.3) is 0 Å². The first kappa shape index (κ1) is 13.2. The molecule has 0 aliphatic carbocycles. The number of fused-ring (bicyclic) bond motifs is 2. The first-order valence-electron chi connectivity index (χ1n) is 5.85. The molecule has 2 aromatic rings. The first-order chi connectivity index (χ1) is 9.95. The second-order valence-electron chi connectivity index (χ2n) is 4.18.